The summed E-state index contributed by atoms with van der Waals surface area (Å²) in [7, 11) is 0. The lowest BCUT2D eigenvalue weighted by Crippen LogP contribution is -2.47. The van der Waals surface area contributed by atoms with Crippen LogP contribution in [0.1, 0.15) is 26.0 Å². The van der Waals surface area contributed by atoms with Gasteiger partial charge in [0.2, 0.25) is 5.89 Å². The van der Waals surface area contributed by atoms with Crippen molar-refractivity contribution >= 4 is 6.03 Å². The maximum Gasteiger partial charge on any atom is 0.317 e. The number of oxazole rings is 1. The molecule has 2 aromatic rings. The lowest BCUT2D eigenvalue weighted by atomic mass is 9.92. The molecule has 5 heteroatoms. The molecule has 5 nitrogen and oxygen atoms in total. The van der Waals surface area contributed by atoms with Gasteiger partial charge in [0.1, 0.15) is 6.26 Å². The molecular weight excluding hydrogens is 302 g/mol. The molecule has 1 aliphatic rings. The van der Waals surface area contributed by atoms with Crippen LogP contribution in [-0.2, 0) is 6.42 Å². The second-order valence-corrected chi connectivity index (χ2v) is 6.84. The molecule has 3 rings (SSSR count). The van der Waals surface area contributed by atoms with Crippen molar-refractivity contribution in [1.29, 1.82) is 0 Å². The van der Waals surface area contributed by atoms with Crippen molar-refractivity contribution in [3.05, 3.63) is 42.3 Å². The van der Waals surface area contributed by atoms with E-state index in [-0.39, 0.29) is 6.03 Å². The Labute approximate surface area is 143 Å². The predicted molar refractivity (Wildman–Crippen MR) is 93.6 cm³/mol. The minimum absolute atomic E-state index is 0.0279. The summed E-state index contributed by atoms with van der Waals surface area (Å²) in [5.41, 5.74) is 1.82. The van der Waals surface area contributed by atoms with E-state index in [2.05, 4.69) is 24.1 Å². The van der Waals surface area contributed by atoms with Crippen LogP contribution in [0, 0.1) is 11.8 Å². The second kappa shape index (κ2) is 7.51. The number of aromatic nitrogens is 1. The fourth-order valence-corrected chi connectivity index (χ4v) is 3.37. The number of piperidine rings is 1. The highest BCUT2D eigenvalue weighted by atomic mass is 16.3. The molecule has 2 atom stereocenters. The summed E-state index contributed by atoms with van der Waals surface area (Å²) in [5.74, 6) is 1.77. The number of benzene rings is 1. The van der Waals surface area contributed by atoms with E-state index in [4.69, 9.17) is 4.42 Å². The Hall–Kier alpha value is -2.30. The number of rotatable bonds is 4. The number of hydrogen-bond donors (Lipinski definition) is 1. The fraction of sp³-hybridized carbons (Fsp3) is 0.474. The first kappa shape index (κ1) is 16.6. The Balaban J connectivity index is 1.48. The first-order valence-corrected chi connectivity index (χ1v) is 8.64. The van der Waals surface area contributed by atoms with Crippen molar-refractivity contribution in [1.82, 2.24) is 15.2 Å². The van der Waals surface area contributed by atoms with Gasteiger partial charge in [-0.25, -0.2) is 9.78 Å². The summed E-state index contributed by atoms with van der Waals surface area (Å²) >= 11 is 0. The summed E-state index contributed by atoms with van der Waals surface area (Å²) in [6.07, 6.45) is 3.53. The normalized spacial score (nSPS) is 20.8. The van der Waals surface area contributed by atoms with Crippen LogP contribution in [0.2, 0.25) is 0 Å². The van der Waals surface area contributed by atoms with Crippen LogP contribution >= 0.6 is 0 Å². The predicted octanol–water partition coefficient (Wildman–Crippen LogP) is 3.57. The van der Waals surface area contributed by atoms with Gasteiger partial charge in [-0.05, 0) is 30.4 Å². The Morgan fingerprint density at radius 3 is 2.67 bits per heavy atom. The first-order chi connectivity index (χ1) is 11.6. The maximum atomic E-state index is 12.3. The fourth-order valence-electron chi connectivity index (χ4n) is 3.37. The van der Waals surface area contributed by atoms with Crippen LogP contribution in [0.4, 0.5) is 4.79 Å². The molecule has 1 fully saturated rings. The molecule has 1 aromatic carbocycles. The number of urea groups is 1. The van der Waals surface area contributed by atoms with Gasteiger partial charge in [-0.2, -0.15) is 0 Å². The number of nitrogens with one attached hydrogen (secondary N) is 1. The van der Waals surface area contributed by atoms with Gasteiger partial charge in [0, 0.05) is 31.6 Å². The van der Waals surface area contributed by atoms with Crippen LogP contribution in [0.5, 0.6) is 0 Å². The van der Waals surface area contributed by atoms with Crippen molar-refractivity contribution in [3.63, 3.8) is 0 Å². The number of hydrogen-bond acceptors (Lipinski definition) is 3. The minimum atomic E-state index is 0.0279. The quantitative estimate of drug-likeness (QED) is 0.934. The molecule has 0 radical (unpaired) electrons. The van der Waals surface area contributed by atoms with Gasteiger partial charge in [0.15, 0.2) is 0 Å². The Morgan fingerprint density at radius 2 is 1.96 bits per heavy atom. The summed E-state index contributed by atoms with van der Waals surface area (Å²) in [4.78, 5) is 18.7. The van der Waals surface area contributed by atoms with Crippen molar-refractivity contribution < 1.29 is 9.21 Å². The highest BCUT2D eigenvalue weighted by Gasteiger charge is 2.25. The smallest absolute Gasteiger partial charge is 0.317 e. The molecule has 0 aliphatic carbocycles. The molecule has 2 amide bonds. The topological polar surface area (TPSA) is 58.4 Å². The first-order valence-electron chi connectivity index (χ1n) is 8.64. The molecule has 1 aromatic heterocycles. The van der Waals surface area contributed by atoms with E-state index in [9.17, 15) is 4.79 Å². The molecule has 1 aliphatic heterocycles. The Kier molecular flexibility index (Phi) is 5.18. The summed E-state index contributed by atoms with van der Waals surface area (Å²) < 4.78 is 5.52. The van der Waals surface area contributed by atoms with Gasteiger partial charge in [-0.3, -0.25) is 0 Å². The van der Waals surface area contributed by atoms with E-state index >= 15 is 0 Å². The number of amides is 2. The van der Waals surface area contributed by atoms with E-state index in [1.54, 1.807) is 6.26 Å². The SMILES string of the molecule is CC1CC(C)CN(C(=O)NCCc2coc(-c3ccccc3)n2)C1. The van der Waals surface area contributed by atoms with E-state index in [0.717, 1.165) is 24.3 Å². The third kappa shape index (κ3) is 4.16. The molecule has 0 saturated carbocycles. The van der Waals surface area contributed by atoms with Crippen molar-refractivity contribution in [2.24, 2.45) is 11.8 Å². The molecule has 2 heterocycles. The van der Waals surface area contributed by atoms with E-state index in [0.29, 0.717) is 30.7 Å². The zero-order valence-corrected chi connectivity index (χ0v) is 14.4. The molecule has 2 unspecified atom stereocenters. The van der Waals surface area contributed by atoms with Crippen LogP contribution in [0.15, 0.2) is 41.0 Å². The van der Waals surface area contributed by atoms with Gasteiger partial charge in [-0.1, -0.05) is 32.0 Å². The highest BCUT2D eigenvalue weighted by Crippen LogP contribution is 2.21. The lowest BCUT2D eigenvalue weighted by Gasteiger charge is -2.34. The third-order valence-corrected chi connectivity index (χ3v) is 4.39. The van der Waals surface area contributed by atoms with E-state index in [1.165, 1.54) is 6.42 Å². The molecule has 128 valence electrons. The lowest BCUT2D eigenvalue weighted by molar-refractivity contribution is 0.146. The maximum absolute atomic E-state index is 12.3. The van der Waals surface area contributed by atoms with Crippen molar-refractivity contribution in [2.45, 2.75) is 26.7 Å². The largest absolute Gasteiger partial charge is 0.444 e. The van der Waals surface area contributed by atoms with Gasteiger partial charge >= 0.3 is 6.03 Å². The van der Waals surface area contributed by atoms with Crippen LogP contribution < -0.4 is 5.32 Å². The second-order valence-electron chi connectivity index (χ2n) is 6.84. The molecule has 1 N–H and O–H groups in total. The van der Waals surface area contributed by atoms with Crippen LogP contribution in [0.3, 0.4) is 0 Å². The molecule has 24 heavy (non-hydrogen) atoms. The average molecular weight is 327 g/mol. The van der Waals surface area contributed by atoms with Crippen molar-refractivity contribution in [3.8, 4) is 11.5 Å². The zero-order chi connectivity index (χ0) is 16.9. The number of carbonyl (C=O) groups is 1. The van der Waals surface area contributed by atoms with Gasteiger partial charge in [0.05, 0.1) is 5.69 Å². The molecule has 0 bridgehead atoms. The van der Waals surface area contributed by atoms with Crippen molar-refractivity contribution in [2.75, 3.05) is 19.6 Å². The van der Waals surface area contributed by atoms with Crippen LogP contribution in [0.25, 0.3) is 11.5 Å². The van der Waals surface area contributed by atoms with E-state index in [1.807, 2.05) is 35.2 Å². The summed E-state index contributed by atoms with van der Waals surface area (Å²) in [5, 5.41) is 3.00. The van der Waals surface area contributed by atoms with Gasteiger partial charge in [0.25, 0.3) is 0 Å². The number of nitrogens with zero attached hydrogens (tertiary/aromatic N) is 2. The van der Waals surface area contributed by atoms with Gasteiger partial charge < -0.3 is 14.6 Å². The molecule has 0 spiro atoms. The number of carbonyl (C=O) groups excluding carboxylic acids is 1. The number of likely N-dealkylation sites (tertiary alicyclic amines) is 1. The zero-order valence-electron chi connectivity index (χ0n) is 14.4. The van der Waals surface area contributed by atoms with E-state index < -0.39 is 0 Å². The summed E-state index contributed by atoms with van der Waals surface area (Å²) in [6.45, 7) is 6.67. The highest BCUT2D eigenvalue weighted by molar-refractivity contribution is 5.74. The standard InChI is InChI=1S/C19H25N3O2/c1-14-10-15(2)12-22(11-14)19(23)20-9-8-17-13-24-18(21-17)16-6-4-3-5-7-16/h3-7,13-15H,8-12H2,1-2H3,(H,20,23). The third-order valence-electron chi connectivity index (χ3n) is 4.39. The van der Waals surface area contributed by atoms with Gasteiger partial charge in [-0.15, -0.1) is 0 Å². The van der Waals surface area contributed by atoms with Crippen LogP contribution in [-0.4, -0.2) is 35.5 Å². The molecule has 1 saturated heterocycles. The molecular formula is C19H25N3O2. The minimum Gasteiger partial charge on any atom is -0.444 e. The Bertz CT molecular complexity index is 658. The average Bonchev–Trinajstić information content (AvgIpc) is 3.03. The summed E-state index contributed by atoms with van der Waals surface area (Å²) in [6, 6.07) is 9.84. The Morgan fingerprint density at radius 1 is 1.25 bits per heavy atom. The monoisotopic (exact) mass is 327 g/mol.